The number of rotatable bonds is 4. The second kappa shape index (κ2) is 4.60. The van der Waals surface area contributed by atoms with Crippen molar-refractivity contribution < 1.29 is 24.1 Å². The van der Waals surface area contributed by atoms with Crippen molar-refractivity contribution in [2.24, 2.45) is 0 Å². The molecule has 1 atom stereocenters. The molecule has 5 nitrogen and oxygen atoms in total. The van der Waals surface area contributed by atoms with Crippen LogP contribution >= 0.6 is 0 Å². The van der Waals surface area contributed by atoms with Gasteiger partial charge in [0.25, 0.3) is 0 Å². The van der Waals surface area contributed by atoms with Gasteiger partial charge in [0.2, 0.25) is 5.75 Å². The van der Waals surface area contributed by atoms with E-state index in [0.29, 0.717) is 17.7 Å². The Balaban J connectivity index is 2.62. The van der Waals surface area contributed by atoms with Crippen molar-refractivity contribution in [3.63, 3.8) is 0 Å². The van der Waals surface area contributed by atoms with Crippen molar-refractivity contribution >= 4 is 5.97 Å². The zero-order valence-electron chi connectivity index (χ0n) is 10.2. The van der Waals surface area contributed by atoms with Gasteiger partial charge < -0.3 is 19.3 Å². The number of carbonyl (C=O) groups is 1. The minimum Gasteiger partial charge on any atom is -0.504 e. The molecule has 0 saturated heterocycles. The third-order valence-electron chi connectivity index (χ3n) is 2.86. The second-order valence-electron chi connectivity index (χ2n) is 3.84. The lowest BCUT2D eigenvalue weighted by Gasteiger charge is -2.12. The van der Waals surface area contributed by atoms with Gasteiger partial charge in [0.05, 0.1) is 14.2 Å². The Morgan fingerprint density at radius 3 is 2.78 bits per heavy atom. The molecular weight excluding hydrogens is 236 g/mol. The molecule has 1 unspecified atom stereocenters. The molecule has 0 saturated carbocycles. The summed E-state index contributed by atoms with van der Waals surface area (Å²) in [5, 5.41) is 10.0. The smallest absolute Gasteiger partial charge is 0.343 e. The summed E-state index contributed by atoms with van der Waals surface area (Å²) in [4.78, 5) is 11.7. The Bertz CT molecular complexity index is 507. The highest BCUT2D eigenvalue weighted by atomic mass is 16.6. The summed E-state index contributed by atoms with van der Waals surface area (Å²) in [6.07, 6.45) is 1.70. The third kappa shape index (κ3) is 1.68. The van der Waals surface area contributed by atoms with Gasteiger partial charge in [-0.3, -0.25) is 0 Å². The van der Waals surface area contributed by atoms with Crippen LogP contribution in [0.1, 0.15) is 28.4 Å². The Morgan fingerprint density at radius 2 is 2.22 bits per heavy atom. The molecule has 1 aliphatic rings. The van der Waals surface area contributed by atoms with E-state index in [1.54, 1.807) is 12.1 Å². The van der Waals surface area contributed by atoms with Crippen LogP contribution in [0.2, 0.25) is 0 Å². The molecule has 1 aromatic carbocycles. The van der Waals surface area contributed by atoms with Gasteiger partial charge in [0.1, 0.15) is 11.7 Å². The van der Waals surface area contributed by atoms with Crippen molar-refractivity contribution in [2.45, 2.75) is 12.5 Å². The first-order valence-electron chi connectivity index (χ1n) is 5.43. The number of methoxy groups -OCH3 is 2. The van der Waals surface area contributed by atoms with Crippen LogP contribution in [0, 0.1) is 0 Å². The Kier molecular flexibility index (Phi) is 3.14. The van der Waals surface area contributed by atoms with E-state index in [2.05, 4.69) is 6.58 Å². The number of hydrogen-bond acceptors (Lipinski definition) is 5. The molecule has 0 amide bonds. The summed E-state index contributed by atoms with van der Waals surface area (Å²) >= 11 is 0. The minimum atomic E-state index is -0.560. The van der Waals surface area contributed by atoms with Gasteiger partial charge in [-0.05, 0) is 6.07 Å². The molecule has 0 aromatic heterocycles. The van der Waals surface area contributed by atoms with Crippen molar-refractivity contribution in [1.29, 1.82) is 0 Å². The van der Waals surface area contributed by atoms with E-state index in [1.807, 2.05) is 0 Å². The molecule has 0 fully saturated rings. The molecule has 1 heterocycles. The SMILES string of the molecule is C=CCC1OC(=O)c2c1cc(OC)c(OC)c2O. The number of aromatic hydroxyl groups is 1. The Morgan fingerprint density at radius 1 is 1.50 bits per heavy atom. The number of carbonyl (C=O) groups excluding carboxylic acids is 1. The lowest BCUT2D eigenvalue weighted by Crippen LogP contribution is -1.98. The summed E-state index contributed by atoms with van der Waals surface area (Å²) in [6.45, 7) is 3.61. The average Bonchev–Trinajstić information content (AvgIpc) is 2.66. The topological polar surface area (TPSA) is 65.0 Å². The molecule has 1 N–H and O–H groups in total. The second-order valence-corrected chi connectivity index (χ2v) is 3.84. The fourth-order valence-corrected chi connectivity index (χ4v) is 2.04. The van der Waals surface area contributed by atoms with Crippen LogP contribution in [0.25, 0.3) is 0 Å². The van der Waals surface area contributed by atoms with Gasteiger partial charge in [-0.15, -0.1) is 6.58 Å². The van der Waals surface area contributed by atoms with Gasteiger partial charge in [0.15, 0.2) is 11.5 Å². The lowest BCUT2D eigenvalue weighted by atomic mass is 10.0. The predicted molar refractivity (Wildman–Crippen MR) is 64.2 cm³/mol. The maximum atomic E-state index is 11.7. The van der Waals surface area contributed by atoms with E-state index in [-0.39, 0.29) is 17.1 Å². The number of phenols is 1. The van der Waals surface area contributed by atoms with Gasteiger partial charge in [0, 0.05) is 12.0 Å². The molecular formula is C13H14O5. The first kappa shape index (κ1) is 12.3. The highest BCUT2D eigenvalue weighted by Gasteiger charge is 2.36. The number of benzene rings is 1. The van der Waals surface area contributed by atoms with Crippen LogP contribution in [0.5, 0.6) is 17.2 Å². The van der Waals surface area contributed by atoms with Crippen molar-refractivity contribution in [3.05, 3.63) is 29.8 Å². The lowest BCUT2D eigenvalue weighted by molar-refractivity contribution is 0.0390. The fourth-order valence-electron chi connectivity index (χ4n) is 2.04. The quantitative estimate of drug-likeness (QED) is 0.655. The molecule has 5 heteroatoms. The largest absolute Gasteiger partial charge is 0.504 e. The minimum absolute atomic E-state index is 0.132. The van der Waals surface area contributed by atoms with Crippen molar-refractivity contribution in [1.82, 2.24) is 0 Å². The number of ether oxygens (including phenoxy) is 3. The first-order valence-corrected chi connectivity index (χ1v) is 5.43. The molecule has 0 radical (unpaired) electrons. The Labute approximate surface area is 105 Å². The molecule has 0 aliphatic carbocycles. The summed E-state index contributed by atoms with van der Waals surface area (Å²) in [7, 11) is 2.86. The van der Waals surface area contributed by atoms with E-state index < -0.39 is 12.1 Å². The highest BCUT2D eigenvalue weighted by Crippen LogP contribution is 2.47. The van der Waals surface area contributed by atoms with Crippen molar-refractivity contribution in [3.8, 4) is 17.2 Å². The standard InChI is InChI=1S/C13H14O5/c1-4-5-8-7-6-9(16-2)12(17-3)11(14)10(7)13(15)18-8/h4,6,8,14H,1,5H2,2-3H3. The number of fused-ring (bicyclic) bond motifs is 1. The average molecular weight is 250 g/mol. The molecule has 0 bridgehead atoms. The van der Waals surface area contributed by atoms with Gasteiger partial charge in [-0.1, -0.05) is 6.08 Å². The van der Waals surface area contributed by atoms with Gasteiger partial charge in [-0.25, -0.2) is 4.79 Å². The highest BCUT2D eigenvalue weighted by molar-refractivity contribution is 5.98. The molecule has 1 aliphatic heterocycles. The van der Waals surface area contributed by atoms with Crippen LogP contribution < -0.4 is 9.47 Å². The molecule has 96 valence electrons. The molecule has 1 aromatic rings. The van der Waals surface area contributed by atoms with E-state index in [4.69, 9.17) is 14.2 Å². The third-order valence-corrected chi connectivity index (χ3v) is 2.86. The fraction of sp³-hybridized carbons (Fsp3) is 0.308. The summed E-state index contributed by atoms with van der Waals surface area (Å²) in [6, 6.07) is 1.65. The van der Waals surface area contributed by atoms with Crippen LogP contribution in [0.4, 0.5) is 0 Å². The zero-order valence-corrected chi connectivity index (χ0v) is 10.2. The van der Waals surface area contributed by atoms with Gasteiger partial charge >= 0.3 is 5.97 Å². The molecule has 2 rings (SSSR count). The summed E-state index contributed by atoms with van der Waals surface area (Å²) in [5.41, 5.74) is 0.731. The van der Waals surface area contributed by atoms with E-state index >= 15 is 0 Å². The summed E-state index contributed by atoms with van der Waals surface area (Å²) < 4.78 is 15.3. The number of cyclic esters (lactones) is 1. The summed E-state index contributed by atoms with van der Waals surface area (Å²) in [5.74, 6) is -0.313. The predicted octanol–water partition coefficient (Wildman–Crippen LogP) is 2.20. The first-order chi connectivity index (χ1) is 8.63. The molecule has 18 heavy (non-hydrogen) atoms. The number of hydrogen-bond donors (Lipinski definition) is 1. The van der Waals surface area contributed by atoms with E-state index in [0.717, 1.165) is 0 Å². The van der Waals surface area contributed by atoms with Crippen LogP contribution in [0.15, 0.2) is 18.7 Å². The maximum absolute atomic E-state index is 11.7. The van der Waals surface area contributed by atoms with E-state index in [9.17, 15) is 9.90 Å². The normalized spacial score (nSPS) is 17.0. The van der Waals surface area contributed by atoms with Gasteiger partial charge in [-0.2, -0.15) is 0 Å². The Hall–Kier alpha value is -2.17. The zero-order chi connectivity index (χ0) is 13.3. The molecule has 0 spiro atoms. The number of phenolic OH excluding ortho intramolecular Hbond substituents is 1. The number of esters is 1. The van der Waals surface area contributed by atoms with Crippen LogP contribution in [-0.4, -0.2) is 25.3 Å². The van der Waals surface area contributed by atoms with E-state index in [1.165, 1.54) is 14.2 Å². The van der Waals surface area contributed by atoms with Crippen molar-refractivity contribution in [2.75, 3.05) is 14.2 Å². The van der Waals surface area contributed by atoms with Crippen LogP contribution in [-0.2, 0) is 4.74 Å². The monoisotopic (exact) mass is 250 g/mol. The van der Waals surface area contributed by atoms with Crippen LogP contribution in [0.3, 0.4) is 0 Å². The maximum Gasteiger partial charge on any atom is 0.343 e.